The standard InChI is InChI=1S/C13H27N3O/c1-4-16(15)13-11(14)8-6-5-7-9-12(13)17-10(2)3/h10,12H,4-9,14-15H2,1-3H3/b13-11-. The molecule has 4 heteroatoms. The summed E-state index contributed by atoms with van der Waals surface area (Å²) in [4.78, 5) is 0. The van der Waals surface area contributed by atoms with Gasteiger partial charge in [0.2, 0.25) is 0 Å². The lowest BCUT2D eigenvalue weighted by Gasteiger charge is -2.32. The summed E-state index contributed by atoms with van der Waals surface area (Å²) in [5, 5.41) is 1.74. The first-order valence-corrected chi connectivity index (χ1v) is 6.72. The fourth-order valence-electron chi connectivity index (χ4n) is 2.29. The molecule has 17 heavy (non-hydrogen) atoms. The van der Waals surface area contributed by atoms with Crippen molar-refractivity contribution in [3.8, 4) is 0 Å². The van der Waals surface area contributed by atoms with Crippen molar-refractivity contribution in [2.75, 3.05) is 6.54 Å². The highest BCUT2D eigenvalue weighted by molar-refractivity contribution is 5.15. The molecule has 0 saturated carbocycles. The number of nitrogens with two attached hydrogens (primary N) is 2. The molecule has 0 aromatic rings. The van der Waals surface area contributed by atoms with Crippen LogP contribution in [0.15, 0.2) is 11.4 Å². The van der Waals surface area contributed by atoms with Crippen molar-refractivity contribution in [1.82, 2.24) is 5.01 Å². The van der Waals surface area contributed by atoms with E-state index in [0.717, 1.165) is 37.2 Å². The lowest BCUT2D eigenvalue weighted by molar-refractivity contribution is 0.00557. The van der Waals surface area contributed by atoms with Crippen molar-refractivity contribution in [2.45, 2.75) is 65.1 Å². The smallest absolute Gasteiger partial charge is 0.101 e. The largest absolute Gasteiger partial charge is 0.401 e. The normalized spacial score (nSPS) is 26.8. The van der Waals surface area contributed by atoms with Crippen LogP contribution in [-0.2, 0) is 4.74 Å². The first kappa shape index (κ1) is 14.3. The van der Waals surface area contributed by atoms with Gasteiger partial charge in [0.15, 0.2) is 0 Å². The molecular weight excluding hydrogens is 214 g/mol. The van der Waals surface area contributed by atoms with E-state index >= 15 is 0 Å². The van der Waals surface area contributed by atoms with E-state index in [9.17, 15) is 0 Å². The van der Waals surface area contributed by atoms with Gasteiger partial charge in [0, 0.05) is 12.2 Å². The summed E-state index contributed by atoms with van der Waals surface area (Å²) in [6, 6.07) is 0. The third-order valence-electron chi connectivity index (χ3n) is 3.13. The molecule has 1 aliphatic carbocycles. The second-order valence-corrected chi connectivity index (χ2v) is 4.97. The maximum absolute atomic E-state index is 6.17. The van der Waals surface area contributed by atoms with E-state index in [1.807, 2.05) is 6.92 Å². The highest BCUT2D eigenvalue weighted by Crippen LogP contribution is 2.25. The second-order valence-electron chi connectivity index (χ2n) is 4.97. The van der Waals surface area contributed by atoms with Gasteiger partial charge in [0.1, 0.15) is 6.10 Å². The van der Waals surface area contributed by atoms with Crippen molar-refractivity contribution in [3.05, 3.63) is 11.4 Å². The van der Waals surface area contributed by atoms with E-state index in [2.05, 4.69) is 13.8 Å². The van der Waals surface area contributed by atoms with Gasteiger partial charge < -0.3 is 15.5 Å². The molecule has 0 amide bonds. The number of nitrogens with zero attached hydrogens (tertiary/aromatic N) is 1. The predicted molar refractivity (Wildman–Crippen MR) is 70.9 cm³/mol. The van der Waals surface area contributed by atoms with E-state index < -0.39 is 0 Å². The van der Waals surface area contributed by atoms with Crippen molar-refractivity contribution >= 4 is 0 Å². The summed E-state index contributed by atoms with van der Waals surface area (Å²) in [5.74, 6) is 6.04. The Kier molecular flexibility index (Phi) is 5.78. The average molecular weight is 241 g/mol. The molecule has 0 radical (unpaired) electrons. The van der Waals surface area contributed by atoms with E-state index in [0.29, 0.717) is 0 Å². The van der Waals surface area contributed by atoms with Gasteiger partial charge in [-0.3, -0.25) is 0 Å². The molecule has 0 spiro atoms. The Balaban J connectivity index is 2.92. The Morgan fingerprint density at radius 2 is 2.06 bits per heavy atom. The molecule has 4 N–H and O–H groups in total. The van der Waals surface area contributed by atoms with Crippen LogP contribution in [0.2, 0.25) is 0 Å². The number of ether oxygens (including phenoxy) is 1. The Morgan fingerprint density at radius 1 is 1.35 bits per heavy atom. The summed E-state index contributed by atoms with van der Waals surface area (Å²) in [5.41, 5.74) is 8.07. The molecule has 0 heterocycles. The third kappa shape index (κ3) is 4.21. The van der Waals surface area contributed by atoms with Crippen molar-refractivity contribution in [2.24, 2.45) is 11.6 Å². The van der Waals surface area contributed by atoms with Crippen LogP contribution in [0.1, 0.15) is 52.9 Å². The van der Waals surface area contributed by atoms with Crippen molar-refractivity contribution < 1.29 is 4.74 Å². The highest BCUT2D eigenvalue weighted by Gasteiger charge is 2.24. The topological polar surface area (TPSA) is 64.5 Å². The van der Waals surface area contributed by atoms with Crippen LogP contribution < -0.4 is 11.6 Å². The van der Waals surface area contributed by atoms with Crippen LogP contribution in [0.5, 0.6) is 0 Å². The van der Waals surface area contributed by atoms with Crippen molar-refractivity contribution in [1.29, 1.82) is 0 Å². The summed E-state index contributed by atoms with van der Waals surface area (Å²) >= 11 is 0. The molecule has 1 atom stereocenters. The Morgan fingerprint density at radius 3 is 2.65 bits per heavy atom. The Hall–Kier alpha value is -0.740. The molecule has 4 nitrogen and oxygen atoms in total. The van der Waals surface area contributed by atoms with E-state index in [1.54, 1.807) is 5.01 Å². The van der Waals surface area contributed by atoms with Crippen LogP contribution in [0.3, 0.4) is 0 Å². The molecule has 0 saturated heterocycles. The fourth-order valence-corrected chi connectivity index (χ4v) is 2.29. The molecule has 0 bridgehead atoms. The highest BCUT2D eigenvalue weighted by atomic mass is 16.5. The molecule has 1 rings (SSSR count). The number of allylic oxidation sites excluding steroid dienone is 1. The van der Waals surface area contributed by atoms with Gasteiger partial charge in [0.05, 0.1) is 11.8 Å². The van der Waals surface area contributed by atoms with Crippen molar-refractivity contribution in [3.63, 3.8) is 0 Å². The molecule has 0 fully saturated rings. The maximum atomic E-state index is 6.17. The zero-order valence-corrected chi connectivity index (χ0v) is 11.4. The average Bonchev–Trinajstić information content (AvgIpc) is 2.25. The zero-order valence-electron chi connectivity index (χ0n) is 11.4. The molecule has 100 valence electrons. The van der Waals surface area contributed by atoms with Gasteiger partial charge in [-0.15, -0.1) is 0 Å². The predicted octanol–water partition coefficient (Wildman–Crippen LogP) is 2.11. The van der Waals surface area contributed by atoms with Crippen LogP contribution in [0, 0.1) is 0 Å². The summed E-state index contributed by atoms with van der Waals surface area (Å²) < 4.78 is 5.97. The summed E-state index contributed by atoms with van der Waals surface area (Å²) in [6.45, 7) is 6.90. The third-order valence-corrected chi connectivity index (χ3v) is 3.13. The molecule has 1 aliphatic rings. The summed E-state index contributed by atoms with van der Waals surface area (Å²) in [6.07, 6.45) is 5.77. The van der Waals surface area contributed by atoms with Crippen LogP contribution >= 0.6 is 0 Å². The second kappa shape index (κ2) is 6.87. The van der Waals surface area contributed by atoms with Gasteiger partial charge >= 0.3 is 0 Å². The lowest BCUT2D eigenvalue weighted by atomic mass is 9.98. The Bertz CT molecular complexity index is 263. The van der Waals surface area contributed by atoms with Gasteiger partial charge in [-0.1, -0.05) is 12.8 Å². The molecule has 1 unspecified atom stereocenters. The molecule has 0 aromatic carbocycles. The number of rotatable bonds is 4. The van der Waals surface area contributed by atoms with Crippen LogP contribution in [-0.4, -0.2) is 23.8 Å². The first-order chi connectivity index (χ1) is 8.06. The van der Waals surface area contributed by atoms with Gasteiger partial charge in [0.25, 0.3) is 0 Å². The maximum Gasteiger partial charge on any atom is 0.101 e. The van der Waals surface area contributed by atoms with E-state index in [1.165, 1.54) is 12.8 Å². The number of likely N-dealkylation sites (N-methyl/N-ethyl adjacent to an activating group) is 1. The molecule has 0 aromatic heterocycles. The first-order valence-electron chi connectivity index (χ1n) is 6.72. The van der Waals surface area contributed by atoms with Gasteiger partial charge in [-0.2, -0.15) is 0 Å². The Labute approximate surface area is 105 Å². The summed E-state index contributed by atoms with van der Waals surface area (Å²) in [7, 11) is 0. The van der Waals surface area contributed by atoms with Crippen LogP contribution in [0.4, 0.5) is 0 Å². The van der Waals surface area contributed by atoms with Gasteiger partial charge in [-0.05, 0) is 40.0 Å². The van der Waals surface area contributed by atoms with E-state index in [-0.39, 0.29) is 12.2 Å². The number of hydrogen-bond donors (Lipinski definition) is 2. The minimum absolute atomic E-state index is 0.0558. The monoisotopic (exact) mass is 241 g/mol. The van der Waals surface area contributed by atoms with Crippen LogP contribution in [0.25, 0.3) is 0 Å². The SMILES string of the molecule is CCN(N)/C1=C(\N)CCCCCC1OC(C)C. The zero-order chi connectivity index (χ0) is 12.8. The fraction of sp³-hybridized carbons (Fsp3) is 0.846. The lowest BCUT2D eigenvalue weighted by Crippen LogP contribution is -2.40. The molecular formula is C13H27N3O. The van der Waals surface area contributed by atoms with E-state index in [4.69, 9.17) is 16.3 Å². The minimum atomic E-state index is 0.0558. The molecule has 0 aliphatic heterocycles. The van der Waals surface area contributed by atoms with Gasteiger partial charge in [-0.25, -0.2) is 5.84 Å². The minimum Gasteiger partial charge on any atom is -0.401 e. The number of hydrogen-bond acceptors (Lipinski definition) is 4. The number of hydrazine groups is 1. The quantitative estimate of drug-likeness (QED) is 0.584.